The van der Waals surface area contributed by atoms with Crippen LogP contribution in [0.1, 0.15) is 0 Å². The van der Waals surface area contributed by atoms with Crippen molar-refractivity contribution < 1.29 is 4.74 Å². The SMILES string of the molecule is O=c1c2ccccc2nnn1COc1ccc(Br)cc1. The van der Waals surface area contributed by atoms with Crippen LogP contribution in [0.3, 0.4) is 0 Å². The third kappa shape index (κ3) is 2.55. The molecule has 0 amide bonds. The second-order valence-electron chi connectivity index (χ2n) is 4.14. The third-order valence-corrected chi connectivity index (χ3v) is 3.33. The smallest absolute Gasteiger partial charge is 0.280 e. The number of ether oxygens (including phenoxy) is 1. The number of hydrogen-bond donors (Lipinski definition) is 0. The predicted octanol–water partition coefficient (Wildman–Crippen LogP) is 2.59. The first-order valence-electron chi connectivity index (χ1n) is 5.95. The summed E-state index contributed by atoms with van der Waals surface area (Å²) in [5, 5.41) is 8.38. The number of rotatable bonds is 3. The zero-order valence-electron chi connectivity index (χ0n) is 10.4. The maximum Gasteiger partial charge on any atom is 0.280 e. The van der Waals surface area contributed by atoms with E-state index in [2.05, 4.69) is 26.2 Å². The van der Waals surface area contributed by atoms with Crippen LogP contribution in [-0.4, -0.2) is 15.0 Å². The Morgan fingerprint density at radius 2 is 1.85 bits per heavy atom. The van der Waals surface area contributed by atoms with Crippen LogP contribution in [0.25, 0.3) is 10.9 Å². The molecule has 1 heterocycles. The zero-order chi connectivity index (χ0) is 13.9. The number of aromatic nitrogens is 3. The molecule has 3 aromatic rings. The average molecular weight is 332 g/mol. The second kappa shape index (κ2) is 5.42. The van der Waals surface area contributed by atoms with E-state index in [1.54, 1.807) is 18.2 Å². The lowest BCUT2D eigenvalue weighted by Gasteiger charge is -2.07. The standard InChI is InChI=1S/C14H10BrN3O2/c15-10-5-7-11(8-6-10)20-9-18-14(19)12-3-1-2-4-13(12)16-17-18/h1-8H,9H2. The fourth-order valence-electron chi connectivity index (χ4n) is 1.77. The minimum atomic E-state index is -0.215. The van der Waals surface area contributed by atoms with Crippen LogP contribution in [0.5, 0.6) is 5.75 Å². The molecule has 0 aliphatic rings. The molecule has 3 rings (SSSR count). The van der Waals surface area contributed by atoms with Crippen LogP contribution in [0.15, 0.2) is 57.8 Å². The molecule has 0 atom stereocenters. The maximum atomic E-state index is 12.2. The fourth-order valence-corrected chi connectivity index (χ4v) is 2.04. The lowest BCUT2D eigenvalue weighted by molar-refractivity contribution is 0.210. The molecule has 0 bridgehead atoms. The molecule has 5 nitrogen and oxygen atoms in total. The fraction of sp³-hybridized carbons (Fsp3) is 0.0714. The van der Waals surface area contributed by atoms with Crippen molar-refractivity contribution in [3.63, 3.8) is 0 Å². The third-order valence-electron chi connectivity index (χ3n) is 2.80. The average Bonchev–Trinajstić information content (AvgIpc) is 2.49. The summed E-state index contributed by atoms with van der Waals surface area (Å²) in [5.74, 6) is 0.662. The Morgan fingerprint density at radius 1 is 1.10 bits per heavy atom. The second-order valence-corrected chi connectivity index (χ2v) is 5.05. The van der Waals surface area contributed by atoms with E-state index in [-0.39, 0.29) is 12.3 Å². The summed E-state index contributed by atoms with van der Waals surface area (Å²) in [6, 6.07) is 14.4. The highest BCUT2D eigenvalue weighted by Crippen LogP contribution is 2.16. The number of benzene rings is 2. The maximum absolute atomic E-state index is 12.2. The van der Waals surface area contributed by atoms with E-state index in [1.807, 2.05) is 30.3 Å². The molecule has 0 fully saturated rings. The Labute approximate surface area is 122 Å². The Bertz CT molecular complexity index is 799. The molecule has 0 aliphatic carbocycles. The van der Waals surface area contributed by atoms with Gasteiger partial charge in [0.2, 0.25) is 0 Å². The van der Waals surface area contributed by atoms with Gasteiger partial charge in [-0.3, -0.25) is 4.79 Å². The summed E-state index contributed by atoms with van der Waals surface area (Å²) in [7, 11) is 0. The van der Waals surface area contributed by atoms with Gasteiger partial charge in [0.1, 0.15) is 11.3 Å². The van der Waals surface area contributed by atoms with Gasteiger partial charge in [0.05, 0.1) is 5.39 Å². The Morgan fingerprint density at radius 3 is 2.65 bits per heavy atom. The van der Waals surface area contributed by atoms with Gasteiger partial charge in [-0.25, -0.2) is 0 Å². The first-order chi connectivity index (χ1) is 9.74. The summed E-state index contributed by atoms with van der Waals surface area (Å²) >= 11 is 3.35. The molecular weight excluding hydrogens is 322 g/mol. The van der Waals surface area contributed by atoms with Crippen molar-refractivity contribution in [1.29, 1.82) is 0 Å². The van der Waals surface area contributed by atoms with Crippen molar-refractivity contribution in [3.8, 4) is 5.75 Å². The molecule has 6 heteroatoms. The Hall–Kier alpha value is -2.21. The van der Waals surface area contributed by atoms with Gasteiger partial charge in [-0.1, -0.05) is 33.3 Å². The van der Waals surface area contributed by atoms with E-state index < -0.39 is 0 Å². The van der Waals surface area contributed by atoms with Crippen molar-refractivity contribution >= 4 is 26.8 Å². The molecule has 0 saturated carbocycles. The van der Waals surface area contributed by atoms with Crippen LogP contribution in [0.2, 0.25) is 0 Å². The van der Waals surface area contributed by atoms with Gasteiger partial charge >= 0.3 is 0 Å². The number of halogens is 1. The highest BCUT2D eigenvalue weighted by molar-refractivity contribution is 9.10. The monoisotopic (exact) mass is 331 g/mol. The van der Waals surface area contributed by atoms with Crippen molar-refractivity contribution in [3.05, 3.63) is 63.4 Å². The van der Waals surface area contributed by atoms with E-state index in [1.165, 1.54) is 4.68 Å². The molecule has 0 N–H and O–H groups in total. The van der Waals surface area contributed by atoms with Gasteiger partial charge in [0, 0.05) is 4.47 Å². The van der Waals surface area contributed by atoms with Crippen molar-refractivity contribution in [2.24, 2.45) is 0 Å². The highest BCUT2D eigenvalue weighted by Gasteiger charge is 2.05. The largest absolute Gasteiger partial charge is 0.471 e. The highest BCUT2D eigenvalue weighted by atomic mass is 79.9. The van der Waals surface area contributed by atoms with Crippen LogP contribution in [-0.2, 0) is 6.73 Å². The van der Waals surface area contributed by atoms with Gasteiger partial charge in [-0.2, -0.15) is 4.68 Å². The molecular formula is C14H10BrN3O2. The molecule has 1 aromatic heterocycles. The molecule has 0 spiro atoms. The minimum absolute atomic E-state index is 0.0261. The van der Waals surface area contributed by atoms with Crippen LogP contribution >= 0.6 is 15.9 Å². The van der Waals surface area contributed by atoms with Gasteiger partial charge < -0.3 is 4.74 Å². The quantitative estimate of drug-likeness (QED) is 0.740. The summed E-state index contributed by atoms with van der Waals surface area (Å²) in [4.78, 5) is 12.2. The van der Waals surface area contributed by atoms with Crippen LogP contribution < -0.4 is 10.3 Å². The summed E-state index contributed by atoms with van der Waals surface area (Å²) in [6.07, 6.45) is 0. The predicted molar refractivity (Wildman–Crippen MR) is 78.6 cm³/mol. The molecule has 100 valence electrons. The molecule has 2 aromatic carbocycles. The van der Waals surface area contributed by atoms with Crippen molar-refractivity contribution in [2.75, 3.05) is 0 Å². The van der Waals surface area contributed by atoms with Crippen molar-refractivity contribution in [1.82, 2.24) is 15.0 Å². The summed E-state index contributed by atoms with van der Waals surface area (Å²) in [5.41, 5.74) is 0.366. The van der Waals surface area contributed by atoms with Gasteiger partial charge in [0.25, 0.3) is 5.56 Å². The minimum Gasteiger partial charge on any atom is -0.471 e. The van der Waals surface area contributed by atoms with E-state index in [4.69, 9.17) is 4.74 Å². The van der Waals surface area contributed by atoms with Gasteiger partial charge in [-0.05, 0) is 36.4 Å². The van der Waals surface area contributed by atoms with Gasteiger partial charge in [-0.15, -0.1) is 5.10 Å². The zero-order valence-corrected chi connectivity index (χ0v) is 11.9. The number of nitrogens with zero attached hydrogens (tertiary/aromatic N) is 3. The van der Waals surface area contributed by atoms with Gasteiger partial charge in [0.15, 0.2) is 6.73 Å². The topological polar surface area (TPSA) is 57.0 Å². The lowest BCUT2D eigenvalue weighted by Crippen LogP contribution is -2.26. The van der Waals surface area contributed by atoms with E-state index in [0.29, 0.717) is 16.7 Å². The molecule has 0 aliphatic heterocycles. The Kier molecular flexibility index (Phi) is 3.47. The van der Waals surface area contributed by atoms with E-state index >= 15 is 0 Å². The van der Waals surface area contributed by atoms with Crippen LogP contribution in [0, 0.1) is 0 Å². The normalized spacial score (nSPS) is 10.7. The first kappa shape index (κ1) is 12.8. The first-order valence-corrected chi connectivity index (χ1v) is 6.74. The van der Waals surface area contributed by atoms with Crippen LogP contribution in [0.4, 0.5) is 0 Å². The van der Waals surface area contributed by atoms with E-state index in [0.717, 1.165) is 4.47 Å². The molecule has 0 unspecified atom stereocenters. The lowest BCUT2D eigenvalue weighted by atomic mass is 10.2. The number of hydrogen-bond acceptors (Lipinski definition) is 4. The molecule has 0 saturated heterocycles. The Balaban J connectivity index is 1.86. The number of fused-ring (bicyclic) bond motifs is 1. The summed E-state index contributed by atoms with van der Waals surface area (Å²) < 4.78 is 7.68. The van der Waals surface area contributed by atoms with E-state index in [9.17, 15) is 4.79 Å². The van der Waals surface area contributed by atoms with Crippen molar-refractivity contribution in [2.45, 2.75) is 6.73 Å². The summed E-state index contributed by atoms with van der Waals surface area (Å²) in [6.45, 7) is 0.0261. The molecule has 20 heavy (non-hydrogen) atoms. The molecule has 0 radical (unpaired) electrons.